The number of ether oxygens (including phenoxy) is 1. The Labute approximate surface area is 112 Å². The van der Waals surface area contributed by atoms with Gasteiger partial charge in [-0.1, -0.05) is 26.0 Å². The largest absolute Gasteiger partial charge is 0.484 e. The van der Waals surface area contributed by atoms with E-state index in [1.54, 1.807) is 13.0 Å². The van der Waals surface area contributed by atoms with Crippen LogP contribution in [0.25, 0.3) is 0 Å². The third-order valence-corrected chi connectivity index (χ3v) is 2.72. The van der Waals surface area contributed by atoms with Crippen LogP contribution in [0.15, 0.2) is 24.3 Å². The molecule has 5 nitrogen and oxygen atoms in total. The van der Waals surface area contributed by atoms with Crippen molar-refractivity contribution in [3.8, 4) is 5.75 Å². The summed E-state index contributed by atoms with van der Waals surface area (Å²) in [6, 6.07) is 6.60. The molecule has 5 heteroatoms. The van der Waals surface area contributed by atoms with Crippen LogP contribution in [0.3, 0.4) is 0 Å². The van der Waals surface area contributed by atoms with Crippen LogP contribution in [-0.2, 0) is 16.0 Å². The van der Waals surface area contributed by atoms with Gasteiger partial charge >= 0.3 is 5.97 Å². The van der Waals surface area contributed by atoms with Crippen LogP contribution in [0.5, 0.6) is 5.75 Å². The zero-order chi connectivity index (χ0) is 14.3. The summed E-state index contributed by atoms with van der Waals surface area (Å²) < 4.78 is 5.33. The Hall–Kier alpha value is -2.04. The van der Waals surface area contributed by atoms with Crippen molar-refractivity contribution in [1.82, 2.24) is 5.32 Å². The van der Waals surface area contributed by atoms with Crippen molar-refractivity contribution < 1.29 is 19.4 Å². The lowest BCUT2D eigenvalue weighted by molar-refractivity contribution is -0.142. The lowest BCUT2D eigenvalue weighted by Gasteiger charge is -2.13. The molecule has 0 heterocycles. The number of benzene rings is 1. The van der Waals surface area contributed by atoms with Crippen molar-refractivity contribution in [2.45, 2.75) is 32.7 Å². The Morgan fingerprint density at radius 3 is 2.68 bits per heavy atom. The summed E-state index contributed by atoms with van der Waals surface area (Å²) in [6.07, 6.45) is 1.23. The highest BCUT2D eigenvalue weighted by atomic mass is 16.5. The van der Waals surface area contributed by atoms with Gasteiger partial charge in [0.1, 0.15) is 11.8 Å². The fourth-order valence-electron chi connectivity index (χ4n) is 1.58. The molecule has 0 fully saturated rings. The van der Waals surface area contributed by atoms with E-state index < -0.39 is 17.9 Å². The van der Waals surface area contributed by atoms with Gasteiger partial charge in [-0.15, -0.1) is 0 Å². The number of aliphatic carboxylic acids is 1. The van der Waals surface area contributed by atoms with Crippen molar-refractivity contribution in [3.63, 3.8) is 0 Å². The second-order valence-electron chi connectivity index (χ2n) is 4.16. The minimum atomic E-state index is -1.04. The molecule has 1 aromatic carbocycles. The van der Waals surface area contributed by atoms with Crippen molar-refractivity contribution >= 4 is 11.9 Å². The van der Waals surface area contributed by atoms with Crippen LogP contribution in [-0.4, -0.2) is 29.6 Å². The van der Waals surface area contributed by atoms with Gasteiger partial charge < -0.3 is 15.2 Å². The zero-order valence-corrected chi connectivity index (χ0v) is 11.2. The van der Waals surface area contributed by atoms with Crippen LogP contribution in [0, 0.1) is 0 Å². The SMILES string of the molecule is CCc1cccc(OCC(=O)N[C@@H](CC)C(=O)O)c1. The van der Waals surface area contributed by atoms with E-state index in [-0.39, 0.29) is 6.61 Å². The molecular weight excluding hydrogens is 246 g/mol. The maximum absolute atomic E-state index is 11.5. The highest BCUT2D eigenvalue weighted by Gasteiger charge is 2.17. The summed E-state index contributed by atoms with van der Waals surface area (Å²) in [5.74, 6) is -0.863. The first-order valence-corrected chi connectivity index (χ1v) is 6.30. The molecule has 0 saturated carbocycles. The average Bonchev–Trinajstić information content (AvgIpc) is 2.42. The van der Waals surface area contributed by atoms with Crippen molar-refractivity contribution in [3.05, 3.63) is 29.8 Å². The molecule has 0 aliphatic carbocycles. The number of amides is 1. The van der Waals surface area contributed by atoms with Crippen molar-refractivity contribution in [2.75, 3.05) is 6.61 Å². The lowest BCUT2D eigenvalue weighted by atomic mass is 10.2. The molecule has 1 rings (SSSR count). The summed E-state index contributed by atoms with van der Waals surface area (Å²) >= 11 is 0. The van der Waals surface area contributed by atoms with E-state index in [2.05, 4.69) is 5.32 Å². The molecule has 0 spiro atoms. The summed E-state index contributed by atoms with van der Waals surface area (Å²) in [7, 11) is 0. The second-order valence-corrected chi connectivity index (χ2v) is 4.16. The smallest absolute Gasteiger partial charge is 0.326 e. The normalized spacial score (nSPS) is 11.7. The summed E-state index contributed by atoms with van der Waals surface area (Å²) in [4.78, 5) is 22.3. The van der Waals surface area contributed by atoms with Gasteiger partial charge in [-0.05, 0) is 30.5 Å². The number of carbonyl (C=O) groups excluding carboxylic acids is 1. The van der Waals surface area contributed by atoms with E-state index in [9.17, 15) is 9.59 Å². The fourth-order valence-corrected chi connectivity index (χ4v) is 1.58. The number of aryl methyl sites for hydroxylation is 1. The van der Waals surface area contributed by atoms with E-state index in [0.717, 1.165) is 12.0 Å². The Balaban J connectivity index is 2.47. The number of nitrogens with one attached hydrogen (secondary N) is 1. The number of carboxylic acid groups (broad SMARTS) is 1. The summed E-state index contributed by atoms with van der Waals surface area (Å²) in [6.45, 7) is 3.55. The first-order chi connectivity index (χ1) is 9.06. The van der Waals surface area contributed by atoms with Gasteiger partial charge in [0, 0.05) is 0 Å². The van der Waals surface area contributed by atoms with Gasteiger partial charge in [-0.3, -0.25) is 4.79 Å². The minimum absolute atomic E-state index is 0.184. The predicted molar refractivity (Wildman–Crippen MR) is 71.2 cm³/mol. The van der Waals surface area contributed by atoms with Crippen LogP contribution in [0.1, 0.15) is 25.8 Å². The lowest BCUT2D eigenvalue weighted by Crippen LogP contribution is -2.42. The van der Waals surface area contributed by atoms with Gasteiger partial charge in [0.15, 0.2) is 6.61 Å². The molecule has 0 aliphatic heterocycles. The Kier molecular flexibility index (Phi) is 5.85. The van der Waals surface area contributed by atoms with E-state index >= 15 is 0 Å². The van der Waals surface area contributed by atoms with Crippen LogP contribution in [0.4, 0.5) is 0 Å². The molecule has 1 aromatic rings. The van der Waals surface area contributed by atoms with Crippen molar-refractivity contribution in [2.24, 2.45) is 0 Å². The molecule has 0 saturated heterocycles. The van der Waals surface area contributed by atoms with Crippen molar-refractivity contribution in [1.29, 1.82) is 0 Å². The number of hydrogen-bond acceptors (Lipinski definition) is 3. The minimum Gasteiger partial charge on any atom is -0.484 e. The summed E-state index contributed by atoms with van der Waals surface area (Å²) in [5, 5.41) is 11.2. The predicted octanol–water partition coefficient (Wildman–Crippen LogP) is 1.61. The molecule has 0 unspecified atom stereocenters. The van der Waals surface area contributed by atoms with Gasteiger partial charge in [0.2, 0.25) is 0 Å². The third kappa shape index (κ3) is 4.99. The van der Waals surface area contributed by atoms with Crippen LogP contribution < -0.4 is 10.1 Å². The molecule has 0 aliphatic rings. The van der Waals surface area contributed by atoms with E-state index in [0.29, 0.717) is 12.2 Å². The first kappa shape index (κ1) is 15.0. The molecule has 1 atom stereocenters. The number of carbonyl (C=O) groups is 2. The summed E-state index contributed by atoms with van der Waals surface area (Å²) in [5.41, 5.74) is 1.12. The third-order valence-electron chi connectivity index (χ3n) is 2.72. The molecular formula is C14H19NO4. The Morgan fingerprint density at radius 2 is 2.11 bits per heavy atom. The molecule has 0 aromatic heterocycles. The maximum atomic E-state index is 11.5. The highest BCUT2D eigenvalue weighted by molar-refractivity contribution is 5.84. The van der Waals surface area contributed by atoms with E-state index in [4.69, 9.17) is 9.84 Å². The maximum Gasteiger partial charge on any atom is 0.326 e. The molecule has 2 N–H and O–H groups in total. The molecule has 0 bridgehead atoms. The van der Waals surface area contributed by atoms with E-state index in [1.165, 1.54) is 0 Å². The van der Waals surface area contributed by atoms with E-state index in [1.807, 2.05) is 25.1 Å². The second kappa shape index (κ2) is 7.41. The van der Waals surface area contributed by atoms with Gasteiger partial charge in [-0.2, -0.15) is 0 Å². The zero-order valence-electron chi connectivity index (χ0n) is 11.2. The number of rotatable bonds is 7. The first-order valence-electron chi connectivity index (χ1n) is 6.30. The topological polar surface area (TPSA) is 75.6 Å². The van der Waals surface area contributed by atoms with Gasteiger partial charge in [0.25, 0.3) is 5.91 Å². The fraction of sp³-hybridized carbons (Fsp3) is 0.429. The Morgan fingerprint density at radius 1 is 1.37 bits per heavy atom. The van der Waals surface area contributed by atoms with Gasteiger partial charge in [0.05, 0.1) is 0 Å². The van der Waals surface area contributed by atoms with Crippen LogP contribution in [0.2, 0.25) is 0 Å². The molecule has 0 radical (unpaired) electrons. The Bertz CT molecular complexity index is 445. The monoisotopic (exact) mass is 265 g/mol. The highest BCUT2D eigenvalue weighted by Crippen LogP contribution is 2.13. The van der Waals surface area contributed by atoms with Gasteiger partial charge in [-0.25, -0.2) is 4.79 Å². The quantitative estimate of drug-likeness (QED) is 0.785. The standard InChI is InChI=1S/C14H19NO4/c1-3-10-6-5-7-11(8-10)19-9-13(16)15-12(4-2)14(17)18/h5-8,12H,3-4,9H2,1-2H3,(H,15,16)(H,17,18)/t12-/m0/s1. The molecule has 104 valence electrons. The molecule has 19 heavy (non-hydrogen) atoms. The average molecular weight is 265 g/mol. The number of hydrogen-bond donors (Lipinski definition) is 2. The molecule has 1 amide bonds. The number of carboxylic acids is 1. The van der Waals surface area contributed by atoms with Crippen LogP contribution >= 0.6 is 0 Å².